The SMILES string of the molecule is NC1CCN(S(=O)(=O)c2cc(C(=O)O)cc(F)c2F)CC1. The van der Waals surface area contributed by atoms with E-state index in [2.05, 4.69) is 0 Å². The minimum Gasteiger partial charge on any atom is -0.478 e. The zero-order valence-electron chi connectivity index (χ0n) is 10.9. The normalized spacial score (nSPS) is 17.9. The van der Waals surface area contributed by atoms with Gasteiger partial charge in [-0.25, -0.2) is 22.0 Å². The number of rotatable bonds is 3. The second-order valence-corrected chi connectivity index (χ2v) is 6.72. The van der Waals surface area contributed by atoms with Gasteiger partial charge in [0, 0.05) is 19.1 Å². The molecular formula is C12H14F2N2O4S. The van der Waals surface area contributed by atoms with Crippen LogP contribution >= 0.6 is 0 Å². The maximum atomic E-state index is 13.8. The summed E-state index contributed by atoms with van der Waals surface area (Å²) in [4.78, 5) is 9.89. The Morgan fingerprint density at radius 2 is 1.86 bits per heavy atom. The summed E-state index contributed by atoms with van der Waals surface area (Å²) < 4.78 is 52.8. The predicted octanol–water partition coefficient (Wildman–Crippen LogP) is 0.775. The van der Waals surface area contributed by atoms with E-state index in [1.807, 2.05) is 0 Å². The van der Waals surface area contributed by atoms with Crippen LogP contribution in [-0.2, 0) is 10.0 Å². The summed E-state index contributed by atoms with van der Waals surface area (Å²) in [5.41, 5.74) is 5.04. The Labute approximate surface area is 120 Å². The molecule has 116 valence electrons. The molecule has 0 atom stereocenters. The van der Waals surface area contributed by atoms with Crippen LogP contribution in [0, 0.1) is 11.6 Å². The second-order valence-electron chi connectivity index (χ2n) is 4.82. The van der Waals surface area contributed by atoms with Crippen molar-refractivity contribution in [2.75, 3.05) is 13.1 Å². The molecule has 0 saturated carbocycles. The molecule has 1 aliphatic rings. The van der Waals surface area contributed by atoms with Crippen molar-refractivity contribution in [1.29, 1.82) is 0 Å². The van der Waals surface area contributed by atoms with Crippen LogP contribution in [0.1, 0.15) is 23.2 Å². The molecule has 6 nitrogen and oxygen atoms in total. The monoisotopic (exact) mass is 320 g/mol. The molecule has 0 spiro atoms. The van der Waals surface area contributed by atoms with Gasteiger partial charge < -0.3 is 10.8 Å². The van der Waals surface area contributed by atoms with Crippen molar-refractivity contribution in [1.82, 2.24) is 4.31 Å². The van der Waals surface area contributed by atoms with Gasteiger partial charge in [-0.1, -0.05) is 0 Å². The molecule has 9 heteroatoms. The highest BCUT2D eigenvalue weighted by atomic mass is 32.2. The fourth-order valence-electron chi connectivity index (χ4n) is 2.13. The third-order valence-electron chi connectivity index (χ3n) is 3.36. The Morgan fingerprint density at radius 1 is 1.29 bits per heavy atom. The molecule has 0 unspecified atom stereocenters. The highest BCUT2D eigenvalue weighted by molar-refractivity contribution is 7.89. The molecule has 1 fully saturated rings. The summed E-state index contributed by atoms with van der Waals surface area (Å²) >= 11 is 0. The van der Waals surface area contributed by atoms with Crippen LogP contribution in [0.15, 0.2) is 17.0 Å². The van der Waals surface area contributed by atoms with Crippen molar-refractivity contribution in [2.24, 2.45) is 5.73 Å². The van der Waals surface area contributed by atoms with Gasteiger partial charge >= 0.3 is 5.97 Å². The summed E-state index contributed by atoms with van der Waals surface area (Å²) in [6.07, 6.45) is 0.809. The molecule has 1 aromatic carbocycles. The number of aromatic carboxylic acids is 1. The van der Waals surface area contributed by atoms with E-state index in [9.17, 15) is 22.0 Å². The van der Waals surface area contributed by atoms with E-state index < -0.39 is 38.1 Å². The number of sulfonamides is 1. The predicted molar refractivity (Wildman–Crippen MR) is 69.3 cm³/mol. The largest absolute Gasteiger partial charge is 0.478 e. The number of benzene rings is 1. The summed E-state index contributed by atoms with van der Waals surface area (Å²) in [5.74, 6) is -4.62. The number of carboxylic acids is 1. The second kappa shape index (κ2) is 5.66. The van der Waals surface area contributed by atoms with Gasteiger partial charge in [-0.05, 0) is 25.0 Å². The van der Waals surface area contributed by atoms with Crippen LogP contribution < -0.4 is 5.73 Å². The van der Waals surface area contributed by atoms with Crippen LogP contribution in [-0.4, -0.2) is 42.9 Å². The highest BCUT2D eigenvalue weighted by Gasteiger charge is 2.32. The standard InChI is InChI=1S/C12H14F2N2O4S/c13-9-5-7(12(17)18)6-10(11(9)14)21(19,20)16-3-1-8(15)2-4-16/h5-6,8H,1-4,15H2,(H,17,18). The molecule has 21 heavy (non-hydrogen) atoms. The lowest BCUT2D eigenvalue weighted by Crippen LogP contribution is -2.43. The van der Waals surface area contributed by atoms with Crippen molar-refractivity contribution in [3.8, 4) is 0 Å². The number of nitrogens with two attached hydrogens (primary N) is 1. The molecule has 0 bridgehead atoms. The first kappa shape index (κ1) is 15.8. The summed E-state index contributed by atoms with van der Waals surface area (Å²) in [7, 11) is -4.30. The van der Waals surface area contributed by atoms with Gasteiger partial charge in [0.15, 0.2) is 11.6 Å². The smallest absolute Gasteiger partial charge is 0.335 e. The maximum absolute atomic E-state index is 13.8. The number of carboxylic acid groups (broad SMARTS) is 1. The van der Waals surface area contributed by atoms with Gasteiger partial charge in [-0.2, -0.15) is 4.31 Å². The summed E-state index contributed by atoms with van der Waals surface area (Å²) in [6, 6.07) is 0.941. The highest BCUT2D eigenvalue weighted by Crippen LogP contribution is 2.25. The maximum Gasteiger partial charge on any atom is 0.335 e. The van der Waals surface area contributed by atoms with E-state index in [1.54, 1.807) is 0 Å². The first-order valence-corrected chi connectivity index (χ1v) is 7.65. The lowest BCUT2D eigenvalue weighted by atomic mass is 10.1. The molecule has 0 aromatic heterocycles. The average Bonchev–Trinajstić information content (AvgIpc) is 2.41. The summed E-state index contributed by atoms with van der Waals surface area (Å²) in [5, 5.41) is 8.82. The van der Waals surface area contributed by atoms with E-state index in [-0.39, 0.29) is 19.1 Å². The Balaban J connectivity index is 2.47. The van der Waals surface area contributed by atoms with Gasteiger partial charge in [0.25, 0.3) is 0 Å². The van der Waals surface area contributed by atoms with Crippen molar-refractivity contribution >= 4 is 16.0 Å². The molecule has 3 N–H and O–H groups in total. The van der Waals surface area contributed by atoms with E-state index in [1.165, 1.54) is 0 Å². The Bertz CT molecular complexity index is 670. The average molecular weight is 320 g/mol. The molecule has 1 aliphatic heterocycles. The molecule has 2 rings (SSSR count). The third-order valence-corrected chi connectivity index (χ3v) is 5.26. The lowest BCUT2D eigenvalue weighted by Gasteiger charge is -2.29. The Hall–Kier alpha value is -1.58. The molecule has 0 aliphatic carbocycles. The topological polar surface area (TPSA) is 101 Å². The molecule has 0 radical (unpaired) electrons. The third kappa shape index (κ3) is 3.04. The molecule has 1 heterocycles. The first-order valence-electron chi connectivity index (χ1n) is 6.21. The minimum atomic E-state index is -4.30. The van der Waals surface area contributed by atoms with Gasteiger partial charge in [0.2, 0.25) is 10.0 Å². The van der Waals surface area contributed by atoms with Gasteiger partial charge in [0.1, 0.15) is 4.90 Å². The van der Waals surface area contributed by atoms with Crippen LogP contribution in [0.25, 0.3) is 0 Å². The molecule has 1 saturated heterocycles. The Kier molecular flexibility index (Phi) is 4.26. The molecule has 0 amide bonds. The fraction of sp³-hybridized carbons (Fsp3) is 0.417. The number of piperidine rings is 1. The molecule has 1 aromatic rings. The minimum absolute atomic E-state index is 0.0852. The van der Waals surface area contributed by atoms with E-state index in [0.717, 1.165) is 4.31 Å². The van der Waals surface area contributed by atoms with Gasteiger partial charge in [-0.15, -0.1) is 0 Å². The van der Waals surface area contributed by atoms with Crippen molar-refractivity contribution in [3.63, 3.8) is 0 Å². The number of hydrogen-bond acceptors (Lipinski definition) is 4. The zero-order valence-corrected chi connectivity index (χ0v) is 11.7. The summed E-state index contributed by atoms with van der Waals surface area (Å²) in [6.45, 7) is 0.170. The lowest BCUT2D eigenvalue weighted by molar-refractivity contribution is 0.0696. The number of nitrogens with zero attached hydrogens (tertiary/aromatic N) is 1. The van der Waals surface area contributed by atoms with Crippen LogP contribution in [0.2, 0.25) is 0 Å². The van der Waals surface area contributed by atoms with Crippen molar-refractivity contribution in [2.45, 2.75) is 23.8 Å². The van der Waals surface area contributed by atoms with Crippen LogP contribution in [0.4, 0.5) is 8.78 Å². The molecular weight excluding hydrogens is 306 g/mol. The van der Waals surface area contributed by atoms with Crippen LogP contribution in [0.3, 0.4) is 0 Å². The van der Waals surface area contributed by atoms with Gasteiger partial charge in [0.05, 0.1) is 5.56 Å². The number of carbonyl (C=O) groups is 1. The van der Waals surface area contributed by atoms with E-state index in [0.29, 0.717) is 25.0 Å². The van der Waals surface area contributed by atoms with Gasteiger partial charge in [-0.3, -0.25) is 0 Å². The van der Waals surface area contributed by atoms with E-state index in [4.69, 9.17) is 10.8 Å². The van der Waals surface area contributed by atoms with Crippen LogP contribution in [0.5, 0.6) is 0 Å². The van der Waals surface area contributed by atoms with Crippen molar-refractivity contribution < 1.29 is 27.1 Å². The van der Waals surface area contributed by atoms with Crippen molar-refractivity contribution in [3.05, 3.63) is 29.3 Å². The first-order chi connectivity index (χ1) is 9.73. The fourth-order valence-corrected chi connectivity index (χ4v) is 3.70. The zero-order chi connectivity index (χ0) is 15.8. The number of hydrogen-bond donors (Lipinski definition) is 2. The quantitative estimate of drug-likeness (QED) is 0.857. The Morgan fingerprint density at radius 3 is 2.38 bits per heavy atom. The van der Waals surface area contributed by atoms with E-state index >= 15 is 0 Å². The number of halogens is 2.